The van der Waals surface area contributed by atoms with Crippen molar-refractivity contribution in [3.63, 3.8) is 0 Å². The molecule has 3 aromatic rings. The standard InChI is InChI=1S/C22H18BrF3N2O5S/c1-11(9-27)33-20-3-2-13(24)6-15(20)14-7-19(18(26)8-17(14)25)28-34(31,32)21-5-12(10-29)4-16(23)22(21)30/h2-8,10-11,28,30H,9,27H2,1H3/t11-/m0/s1. The summed E-state index contributed by atoms with van der Waals surface area (Å²) in [5.74, 6) is -3.81. The first-order chi connectivity index (χ1) is 16.0. The number of phenolic OH excluding ortho intramolecular Hbond substituents is 1. The highest BCUT2D eigenvalue weighted by Gasteiger charge is 2.25. The maximum atomic E-state index is 14.7. The van der Waals surface area contributed by atoms with Gasteiger partial charge in [-0.05, 0) is 59.3 Å². The number of aromatic hydroxyl groups is 1. The van der Waals surface area contributed by atoms with E-state index >= 15 is 0 Å². The third kappa shape index (κ3) is 5.34. The predicted octanol–water partition coefficient (Wildman–Crippen LogP) is 4.58. The van der Waals surface area contributed by atoms with E-state index in [9.17, 15) is 31.5 Å². The van der Waals surface area contributed by atoms with Crippen LogP contribution < -0.4 is 15.2 Å². The molecule has 3 rings (SSSR count). The van der Waals surface area contributed by atoms with Gasteiger partial charge in [-0.3, -0.25) is 9.52 Å². The summed E-state index contributed by atoms with van der Waals surface area (Å²) in [5.41, 5.74) is 4.30. The number of halogens is 4. The van der Waals surface area contributed by atoms with E-state index in [4.69, 9.17) is 10.5 Å². The summed E-state index contributed by atoms with van der Waals surface area (Å²) in [6.07, 6.45) is -0.162. The van der Waals surface area contributed by atoms with Crippen molar-refractivity contribution in [2.75, 3.05) is 11.3 Å². The van der Waals surface area contributed by atoms with Crippen molar-refractivity contribution in [3.05, 3.63) is 70.0 Å². The molecule has 0 saturated carbocycles. The van der Waals surface area contributed by atoms with Crippen LogP contribution in [-0.4, -0.2) is 32.5 Å². The number of carbonyl (C=O) groups is 1. The Morgan fingerprint density at radius 1 is 1.12 bits per heavy atom. The normalized spacial score (nSPS) is 12.3. The molecular formula is C22H18BrF3N2O5S. The zero-order valence-electron chi connectivity index (χ0n) is 17.5. The van der Waals surface area contributed by atoms with Crippen LogP contribution in [0.1, 0.15) is 17.3 Å². The molecule has 0 aliphatic rings. The van der Waals surface area contributed by atoms with Crippen LogP contribution in [0.4, 0.5) is 18.9 Å². The number of hydrogen-bond acceptors (Lipinski definition) is 6. The van der Waals surface area contributed by atoms with Gasteiger partial charge in [-0.2, -0.15) is 0 Å². The van der Waals surface area contributed by atoms with E-state index in [0.717, 1.165) is 24.3 Å². The summed E-state index contributed by atoms with van der Waals surface area (Å²) in [5, 5.41) is 10.1. The molecule has 34 heavy (non-hydrogen) atoms. The molecule has 0 fully saturated rings. The molecule has 12 heteroatoms. The van der Waals surface area contributed by atoms with E-state index in [2.05, 4.69) is 15.9 Å². The largest absolute Gasteiger partial charge is 0.505 e. The molecule has 0 spiro atoms. The number of hydrogen-bond donors (Lipinski definition) is 3. The average Bonchev–Trinajstić information content (AvgIpc) is 2.78. The third-order valence-corrected chi connectivity index (χ3v) is 6.65. The van der Waals surface area contributed by atoms with E-state index in [-0.39, 0.29) is 33.5 Å². The van der Waals surface area contributed by atoms with Crippen LogP contribution in [0.5, 0.6) is 11.5 Å². The van der Waals surface area contributed by atoms with Gasteiger partial charge in [0, 0.05) is 29.3 Å². The smallest absolute Gasteiger partial charge is 0.265 e. The zero-order chi connectivity index (χ0) is 25.2. The van der Waals surface area contributed by atoms with Gasteiger partial charge >= 0.3 is 0 Å². The van der Waals surface area contributed by atoms with E-state index in [0.29, 0.717) is 12.4 Å². The van der Waals surface area contributed by atoms with Gasteiger partial charge in [-0.25, -0.2) is 21.6 Å². The minimum absolute atomic E-state index is 0.0407. The molecule has 0 heterocycles. The van der Waals surface area contributed by atoms with Crippen molar-refractivity contribution in [1.82, 2.24) is 0 Å². The van der Waals surface area contributed by atoms with Gasteiger partial charge in [0.25, 0.3) is 10.0 Å². The minimum atomic E-state index is -4.65. The van der Waals surface area contributed by atoms with Crippen molar-refractivity contribution in [2.45, 2.75) is 17.9 Å². The molecule has 4 N–H and O–H groups in total. The number of rotatable bonds is 8. The molecule has 0 aromatic heterocycles. The molecule has 0 aliphatic heterocycles. The van der Waals surface area contributed by atoms with Gasteiger partial charge in [0.05, 0.1) is 10.2 Å². The van der Waals surface area contributed by atoms with Crippen LogP contribution in [0.15, 0.2) is 51.8 Å². The van der Waals surface area contributed by atoms with Crippen molar-refractivity contribution in [2.24, 2.45) is 5.73 Å². The predicted molar refractivity (Wildman–Crippen MR) is 123 cm³/mol. The Labute approximate surface area is 201 Å². The molecule has 0 bridgehead atoms. The van der Waals surface area contributed by atoms with Crippen LogP contribution in [0.25, 0.3) is 11.1 Å². The number of phenols is 1. The lowest BCUT2D eigenvalue weighted by molar-refractivity contribution is 0.112. The van der Waals surface area contributed by atoms with Crippen LogP contribution in [-0.2, 0) is 10.0 Å². The Morgan fingerprint density at radius 3 is 2.47 bits per heavy atom. The fourth-order valence-electron chi connectivity index (χ4n) is 2.98. The van der Waals surface area contributed by atoms with Crippen molar-refractivity contribution >= 4 is 37.9 Å². The minimum Gasteiger partial charge on any atom is -0.505 e. The summed E-state index contributed by atoms with van der Waals surface area (Å²) in [7, 11) is -4.65. The first kappa shape index (κ1) is 25.5. The van der Waals surface area contributed by atoms with Gasteiger partial charge in [0.1, 0.15) is 46.2 Å². The highest BCUT2D eigenvalue weighted by molar-refractivity contribution is 9.10. The Bertz CT molecular complexity index is 1370. The molecule has 0 saturated heterocycles. The highest BCUT2D eigenvalue weighted by atomic mass is 79.9. The summed E-state index contributed by atoms with van der Waals surface area (Å²) < 4.78 is 76.4. The maximum absolute atomic E-state index is 14.7. The number of benzene rings is 3. The molecule has 0 unspecified atom stereocenters. The van der Waals surface area contributed by atoms with Crippen molar-refractivity contribution in [1.29, 1.82) is 0 Å². The Kier molecular flexibility index (Phi) is 7.54. The van der Waals surface area contributed by atoms with Gasteiger partial charge in [0.2, 0.25) is 0 Å². The summed E-state index contributed by atoms with van der Waals surface area (Å²) >= 11 is 2.94. The van der Waals surface area contributed by atoms with Crippen molar-refractivity contribution in [3.8, 4) is 22.6 Å². The highest BCUT2D eigenvalue weighted by Crippen LogP contribution is 2.38. The summed E-state index contributed by atoms with van der Waals surface area (Å²) in [4.78, 5) is 10.4. The summed E-state index contributed by atoms with van der Waals surface area (Å²) in [6.45, 7) is 1.73. The van der Waals surface area contributed by atoms with Gasteiger partial charge in [-0.1, -0.05) is 0 Å². The first-order valence-electron chi connectivity index (χ1n) is 9.63. The Hall–Kier alpha value is -3.09. The van der Waals surface area contributed by atoms with Gasteiger partial charge in [0.15, 0.2) is 0 Å². The second-order valence-corrected chi connectivity index (χ2v) is 9.69. The molecular weight excluding hydrogens is 541 g/mol. The fourth-order valence-corrected chi connectivity index (χ4v) is 4.80. The number of anilines is 1. The van der Waals surface area contributed by atoms with E-state index in [1.54, 1.807) is 6.92 Å². The van der Waals surface area contributed by atoms with Crippen LogP contribution >= 0.6 is 15.9 Å². The van der Waals surface area contributed by atoms with E-state index < -0.39 is 49.9 Å². The Morgan fingerprint density at radius 2 is 1.82 bits per heavy atom. The molecule has 0 amide bonds. The quantitative estimate of drug-likeness (QED) is 0.348. The van der Waals surface area contributed by atoms with E-state index in [1.807, 2.05) is 4.72 Å². The monoisotopic (exact) mass is 558 g/mol. The van der Waals surface area contributed by atoms with Crippen LogP contribution in [0.3, 0.4) is 0 Å². The molecule has 180 valence electrons. The fraction of sp³-hybridized carbons (Fsp3) is 0.136. The average molecular weight is 559 g/mol. The van der Waals surface area contributed by atoms with Gasteiger partial charge in [-0.15, -0.1) is 0 Å². The molecule has 3 aromatic carbocycles. The number of aldehydes is 1. The lowest BCUT2D eigenvalue weighted by Gasteiger charge is -2.18. The lowest BCUT2D eigenvalue weighted by Crippen LogP contribution is -2.23. The van der Waals surface area contributed by atoms with Crippen LogP contribution in [0.2, 0.25) is 0 Å². The first-order valence-corrected chi connectivity index (χ1v) is 11.9. The molecule has 1 atom stereocenters. The summed E-state index contributed by atoms with van der Waals surface area (Å²) in [6, 6.07) is 6.58. The molecule has 0 radical (unpaired) electrons. The molecule has 0 aliphatic carbocycles. The molecule has 7 nitrogen and oxygen atoms in total. The van der Waals surface area contributed by atoms with E-state index in [1.165, 1.54) is 12.1 Å². The topological polar surface area (TPSA) is 119 Å². The number of sulfonamides is 1. The lowest BCUT2D eigenvalue weighted by atomic mass is 10.0. The third-order valence-electron chi connectivity index (χ3n) is 4.67. The maximum Gasteiger partial charge on any atom is 0.265 e. The SMILES string of the molecule is C[C@@H](CN)Oc1ccc(F)cc1-c1cc(NS(=O)(=O)c2cc(C=O)cc(Br)c2O)c(F)cc1F. The number of carbonyl (C=O) groups excluding carboxylic acids is 1. The second kappa shape index (κ2) is 10.0. The zero-order valence-corrected chi connectivity index (χ0v) is 19.9. The second-order valence-electron chi connectivity index (χ2n) is 7.19. The van der Waals surface area contributed by atoms with Gasteiger partial charge < -0.3 is 15.6 Å². The number of nitrogens with one attached hydrogen (secondary N) is 1. The van der Waals surface area contributed by atoms with Crippen molar-refractivity contribution < 1.29 is 36.2 Å². The number of nitrogens with two attached hydrogens (primary N) is 1. The van der Waals surface area contributed by atoms with Crippen LogP contribution in [0, 0.1) is 17.5 Å². The Balaban J connectivity index is 2.12. The number of ether oxygens (including phenoxy) is 1.